The Morgan fingerprint density at radius 1 is 1.18 bits per heavy atom. The zero-order chi connectivity index (χ0) is 11.4. The lowest BCUT2D eigenvalue weighted by atomic mass is 10.2. The minimum atomic E-state index is 0.875. The van der Waals surface area contributed by atoms with Crippen molar-refractivity contribution in [2.24, 2.45) is 0 Å². The molecule has 82 valence electrons. The van der Waals surface area contributed by atoms with Gasteiger partial charge in [0.05, 0.1) is 5.52 Å². The molecule has 4 nitrogen and oxygen atoms in total. The van der Waals surface area contributed by atoms with Crippen LogP contribution in [-0.4, -0.2) is 19.6 Å². The Bertz CT molecular complexity index is 814. The van der Waals surface area contributed by atoms with E-state index in [0.29, 0.717) is 0 Å². The van der Waals surface area contributed by atoms with Gasteiger partial charge in [-0.2, -0.15) is 0 Å². The van der Waals surface area contributed by atoms with Crippen molar-refractivity contribution < 1.29 is 0 Å². The van der Waals surface area contributed by atoms with E-state index < -0.39 is 0 Å². The zero-order valence-electron chi connectivity index (χ0n) is 9.08. The molecular weight excluding hydrogens is 232 g/mol. The number of benzene rings is 1. The SMILES string of the molecule is Cc1csc2nnc3c4ccccc4nc-3n12. The molecule has 5 heteroatoms. The third-order valence-electron chi connectivity index (χ3n) is 2.92. The molecule has 0 bridgehead atoms. The maximum absolute atomic E-state index is 4.64. The van der Waals surface area contributed by atoms with E-state index in [1.54, 1.807) is 11.3 Å². The van der Waals surface area contributed by atoms with E-state index in [1.807, 2.05) is 24.3 Å². The standard InChI is InChI=1S/C12H8N4S/c1-7-6-17-12-15-14-10-8-4-2-3-5-9(8)13-11(10)16(7)12/h2-6H,1H3. The summed E-state index contributed by atoms with van der Waals surface area (Å²) in [6.07, 6.45) is 0. The average Bonchev–Trinajstić information content (AvgIpc) is 2.90. The summed E-state index contributed by atoms with van der Waals surface area (Å²) in [6.45, 7) is 2.06. The first-order valence-electron chi connectivity index (χ1n) is 5.32. The zero-order valence-corrected chi connectivity index (χ0v) is 9.90. The molecule has 2 aliphatic rings. The van der Waals surface area contributed by atoms with Gasteiger partial charge in [0.15, 0.2) is 5.82 Å². The van der Waals surface area contributed by atoms with E-state index in [9.17, 15) is 0 Å². The van der Waals surface area contributed by atoms with Crippen molar-refractivity contribution in [3.8, 4) is 11.5 Å². The number of hydrogen-bond donors (Lipinski definition) is 0. The first kappa shape index (κ1) is 9.07. The summed E-state index contributed by atoms with van der Waals surface area (Å²) in [7, 11) is 0. The van der Waals surface area contributed by atoms with Crippen LogP contribution in [0.15, 0.2) is 29.6 Å². The Hall–Kier alpha value is -2.01. The van der Waals surface area contributed by atoms with Crippen molar-refractivity contribution in [1.82, 2.24) is 19.6 Å². The van der Waals surface area contributed by atoms with Gasteiger partial charge < -0.3 is 0 Å². The van der Waals surface area contributed by atoms with Crippen molar-refractivity contribution in [2.75, 3.05) is 0 Å². The van der Waals surface area contributed by atoms with Crippen molar-refractivity contribution in [3.63, 3.8) is 0 Å². The van der Waals surface area contributed by atoms with Gasteiger partial charge >= 0.3 is 0 Å². The van der Waals surface area contributed by atoms with Crippen molar-refractivity contribution in [1.29, 1.82) is 0 Å². The maximum Gasteiger partial charge on any atom is 0.216 e. The highest BCUT2D eigenvalue weighted by Crippen LogP contribution is 2.30. The second-order valence-corrected chi connectivity index (χ2v) is 4.83. The van der Waals surface area contributed by atoms with E-state index in [0.717, 1.165) is 33.1 Å². The van der Waals surface area contributed by atoms with Gasteiger partial charge in [0, 0.05) is 16.5 Å². The Kier molecular flexibility index (Phi) is 1.61. The minimum absolute atomic E-state index is 0.875. The molecule has 4 rings (SSSR count). The summed E-state index contributed by atoms with van der Waals surface area (Å²) in [5, 5.41) is 11.7. The second kappa shape index (κ2) is 3.01. The van der Waals surface area contributed by atoms with Crippen LogP contribution < -0.4 is 0 Å². The van der Waals surface area contributed by atoms with Crippen LogP contribution in [0.2, 0.25) is 0 Å². The Morgan fingerprint density at radius 3 is 3.00 bits per heavy atom. The number of thiazole rings is 1. The molecule has 2 aromatic rings. The summed E-state index contributed by atoms with van der Waals surface area (Å²) < 4.78 is 2.06. The summed E-state index contributed by atoms with van der Waals surface area (Å²) in [5.41, 5.74) is 3.00. The first-order chi connectivity index (χ1) is 8.34. The van der Waals surface area contributed by atoms with E-state index in [4.69, 9.17) is 0 Å². The van der Waals surface area contributed by atoms with E-state index in [-0.39, 0.29) is 0 Å². The molecule has 0 fully saturated rings. The Balaban J connectivity index is 2.30. The number of aryl methyl sites for hydroxylation is 1. The van der Waals surface area contributed by atoms with Crippen LogP contribution in [0.1, 0.15) is 5.69 Å². The van der Waals surface area contributed by atoms with E-state index in [1.165, 1.54) is 0 Å². The molecule has 2 aliphatic heterocycles. The van der Waals surface area contributed by atoms with Gasteiger partial charge in [-0.15, -0.1) is 21.5 Å². The van der Waals surface area contributed by atoms with Gasteiger partial charge in [0.1, 0.15) is 5.69 Å². The molecule has 0 radical (unpaired) electrons. The molecule has 0 saturated heterocycles. The molecule has 0 unspecified atom stereocenters. The quantitative estimate of drug-likeness (QED) is 0.474. The molecule has 3 heterocycles. The predicted octanol–water partition coefficient (Wildman–Crippen LogP) is 2.75. The summed E-state index contributed by atoms with van der Waals surface area (Å²) in [4.78, 5) is 5.53. The van der Waals surface area contributed by atoms with Crippen LogP contribution in [0.25, 0.3) is 27.4 Å². The molecule has 0 aliphatic carbocycles. The van der Waals surface area contributed by atoms with Gasteiger partial charge in [0.25, 0.3) is 0 Å². The summed E-state index contributed by atoms with van der Waals surface area (Å²) in [5.74, 6) is 0.898. The molecule has 17 heavy (non-hydrogen) atoms. The fourth-order valence-corrected chi connectivity index (χ4v) is 2.93. The highest BCUT2D eigenvalue weighted by atomic mass is 32.1. The van der Waals surface area contributed by atoms with Crippen LogP contribution in [0.3, 0.4) is 0 Å². The van der Waals surface area contributed by atoms with E-state index in [2.05, 4.69) is 31.9 Å². The maximum atomic E-state index is 4.64. The monoisotopic (exact) mass is 240 g/mol. The van der Waals surface area contributed by atoms with Gasteiger partial charge in [-0.25, -0.2) is 4.98 Å². The van der Waals surface area contributed by atoms with Gasteiger partial charge in [-0.3, -0.25) is 4.40 Å². The van der Waals surface area contributed by atoms with Crippen LogP contribution in [0.4, 0.5) is 0 Å². The lowest BCUT2D eigenvalue weighted by Gasteiger charge is -2.01. The molecule has 1 aromatic heterocycles. The largest absolute Gasteiger partial charge is 0.270 e. The lowest BCUT2D eigenvalue weighted by Crippen LogP contribution is -1.99. The molecule has 0 saturated carbocycles. The number of hydrogen-bond acceptors (Lipinski definition) is 4. The second-order valence-electron chi connectivity index (χ2n) is 4.00. The number of rotatable bonds is 0. The van der Waals surface area contributed by atoms with Gasteiger partial charge in [-0.05, 0) is 13.0 Å². The smallest absolute Gasteiger partial charge is 0.216 e. The molecule has 0 spiro atoms. The Labute approximate surface area is 101 Å². The molecule has 1 aromatic carbocycles. The number of fused-ring (bicyclic) bond motifs is 5. The molecule has 0 N–H and O–H groups in total. The molecule has 0 atom stereocenters. The van der Waals surface area contributed by atoms with Crippen LogP contribution >= 0.6 is 11.3 Å². The van der Waals surface area contributed by atoms with Gasteiger partial charge in [-0.1, -0.05) is 18.2 Å². The van der Waals surface area contributed by atoms with Crippen LogP contribution in [0, 0.1) is 6.92 Å². The normalized spacial score (nSPS) is 11.8. The molecular formula is C12H8N4S. The minimum Gasteiger partial charge on any atom is -0.270 e. The number of nitrogens with zero attached hydrogens (tertiary/aromatic N) is 4. The number of aromatic nitrogens is 4. The summed E-state index contributed by atoms with van der Waals surface area (Å²) in [6, 6.07) is 8.03. The van der Waals surface area contributed by atoms with Crippen molar-refractivity contribution in [3.05, 3.63) is 35.3 Å². The topological polar surface area (TPSA) is 43.1 Å². The van der Waals surface area contributed by atoms with Crippen molar-refractivity contribution >= 4 is 27.2 Å². The average molecular weight is 240 g/mol. The fraction of sp³-hybridized carbons (Fsp3) is 0.0833. The summed E-state index contributed by atoms with van der Waals surface area (Å²) >= 11 is 1.59. The van der Waals surface area contributed by atoms with Crippen LogP contribution in [-0.2, 0) is 0 Å². The number of para-hydroxylation sites is 1. The van der Waals surface area contributed by atoms with Gasteiger partial charge in [0.2, 0.25) is 4.96 Å². The third kappa shape index (κ3) is 1.09. The lowest BCUT2D eigenvalue weighted by molar-refractivity contribution is 0.962. The molecule has 0 amide bonds. The third-order valence-corrected chi connectivity index (χ3v) is 3.86. The van der Waals surface area contributed by atoms with Crippen molar-refractivity contribution in [2.45, 2.75) is 6.92 Å². The Morgan fingerprint density at radius 2 is 2.06 bits per heavy atom. The van der Waals surface area contributed by atoms with E-state index >= 15 is 0 Å². The first-order valence-corrected chi connectivity index (χ1v) is 6.20. The van der Waals surface area contributed by atoms with Crippen LogP contribution in [0.5, 0.6) is 0 Å². The highest BCUT2D eigenvalue weighted by Gasteiger charge is 2.18. The fourth-order valence-electron chi connectivity index (χ4n) is 2.13. The predicted molar refractivity (Wildman–Crippen MR) is 67.5 cm³/mol. The highest BCUT2D eigenvalue weighted by molar-refractivity contribution is 7.15.